The van der Waals surface area contributed by atoms with Gasteiger partial charge in [-0.3, -0.25) is 0 Å². The van der Waals surface area contributed by atoms with Crippen LogP contribution in [0.2, 0.25) is 0 Å². The number of benzene rings is 2. The first-order chi connectivity index (χ1) is 8.78. The van der Waals surface area contributed by atoms with Gasteiger partial charge < -0.3 is 10.4 Å². The van der Waals surface area contributed by atoms with Gasteiger partial charge in [0.25, 0.3) is 0 Å². The first-order valence-electron chi connectivity index (χ1n) is 6.09. The highest BCUT2D eigenvalue weighted by Gasteiger charge is 1.91. The second-order valence-electron chi connectivity index (χ2n) is 4.08. The number of nitrogens with one attached hydrogen (secondary N) is 1. The topological polar surface area (TPSA) is 32.3 Å². The van der Waals surface area contributed by atoms with E-state index in [1.165, 1.54) is 0 Å². The zero-order valence-electron chi connectivity index (χ0n) is 10.4. The standard InChI is InChI=1S/C16H17NO/c1-2-17-15-9-5-13(6-10-15)3-4-14-7-11-16(18)12-8-14/h3-12,17-18H,2H2,1H3/b4-3+. The minimum absolute atomic E-state index is 0.294. The molecule has 0 heterocycles. The molecule has 2 nitrogen and oxygen atoms in total. The van der Waals surface area contributed by atoms with Crippen LogP contribution in [0.3, 0.4) is 0 Å². The number of hydrogen-bond donors (Lipinski definition) is 2. The monoisotopic (exact) mass is 239 g/mol. The van der Waals surface area contributed by atoms with E-state index in [-0.39, 0.29) is 0 Å². The lowest BCUT2D eigenvalue weighted by atomic mass is 10.1. The third-order valence-electron chi connectivity index (χ3n) is 2.65. The second-order valence-corrected chi connectivity index (χ2v) is 4.08. The van der Waals surface area contributed by atoms with Gasteiger partial charge >= 0.3 is 0 Å². The van der Waals surface area contributed by atoms with Crippen molar-refractivity contribution in [1.29, 1.82) is 0 Å². The van der Waals surface area contributed by atoms with Crippen LogP contribution in [0.15, 0.2) is 48.5 Å². The van der Waals surface area contributed by atoms with Gasteiger partial charge in [-0.1, -0.05) is 36.4 Å². The normalized spacial score (nSPS) is 10.7. The summed E-state index contributed by atoms with van der Waals surface area (Å²) in [5, 5.41) is 12.5. The van der Waals surface area contributed by atoms with E-state index in [0.717, 1.165) is 23.4 Å². The molecule has 2 heteroatoms. The number of phenols is 1. The van der Waals surface area contributed by atoms with Crippen LogP contribution in [0.1, 0.15) is 18.1 Å². The summed E-state index contributed by atoms with van der Waals surface area (Å²) in [7, 11) is 0. The van der Waals surface area contributed by atoms with Gasteiger partial charge in [-0.15, -0.1) is 0 Å². The van der Waals surface area contributed by atoms with Gasteiger partial charge in [0.05, 0.1) is 0 Å². The van der Waals surface area contributed by atoms with Gasteiger partial charge in [0.15, 0.2) is 0 Å². The highest BCUT2D eigenvalue weighted by molar-refractivity contribution is 5.70. The molecule has 0 aliphatic heterocycles. The Morgan fingerprint density at radius 1 is 0.889 bits per heavy atom. The van der Waals surface area contributed by atoms with Crippen molar-refractivity contribution in [2.45, 2.75) is 6.92 Å². The Morgan fingerprint density at radius 3 is 1.89 bits per heavy atom. The van der Waals surface area contributed by atoms with Crippen molar-refractivity contribution in [2.24, 2.45) is 0 Å². The fourth-order valence-electron chi connectivity index (χ4n) is 1.69. The largest absolute Gasteiger partial charge is 0.508 e. The Hall–Kier alpha value is -2.22. The third kappa shape index (κ3) is 3.39. The minimum atomic E-state index is 0.294. The van der Waals surface area contributed by atoms with Crippen molar-refractivity contribution in [2.75, 3.05) is 11.9 Å². The molecule has 0 radical (unpaired) electrons. The maximum Gasteiger partial charge on any atom is 0.115 e. The molecule has 0 aliphatic carbocycles. The van der Waals surface area contributed by atoms with Gasteiger partial charge in [-0.25, -0.2) is 0 Å². The predicted molar refractivity (Wildman–Crippen MR) is 77.6 cm³/mol. The number of phenolic OH excluding ortho intramolecular Hbond substituents is 1. The fourth-order valence-corrected chi connectivity index (χ4v) is 1.69. The van der Waals surface area contributed by atoms with Gasteiger partial charge in [-0.05, 0) is 42.3 Å². The van der Waals surface area contributed by atoms with E-state index in [2.05, 4.69) is 42.6 Å². The summed E-state index contributed by atoms with van der Waals surface area (Å²) in [6.07, 6.45) is 4.09. The van der Waals surface area contributed by atoms with E-state index >= 15 is 0 Å². The summed E-state index contributed by atoms with van der Waals surface area (Å²) in [5.74, 6) is 0.294. The molecule has 2 N–H and O–H groups in total. The first-order valence-corrected chi connectivity index (χ1v) is 6.09. The molecule has 2 rings (SSSR count). The molecule has 0 bridgehead atoms. The molecule has 0 atom stereocenters. The Labute approximate surface area is 108 Å². The summed E-state index contributed by atoms with van der Waals surface area (Å²) < 4.78 is 0. The van der Waals surface area contributed by atoms with E-state index in [1.54, 1.807) is 12.1 Å². The van der Waals surface area contributed by atoms with Crippen molar-refractivity contribution in [3.8, 4) is 5.75 Å². The quantitative estimate of drug-likeness (QED) is 0.790. The Kier molecular flexibility index (Phi) is 4.02. The zero-order chi connectivity index (χ0) is 12.8. The summed E-state index contributed by atoms with van der Waals surface area (Å²) in [6, 6.07) is 15.4. The van der Waals surface area contributed by atoms with Crippen molar-refractivity contribution in [1.82, 2.24) is 0 Å². The predicted octanol–water partition coefficient (Wildman–Crippen LogP) is 3.99. The van der Waals surface area contributed by atoms with Crippen LogP contribution in [-0.4, -0.2) is 11.7 Å². The average molecular weight is 239 g/mol. The first kappa shape index (κ1) is 12.2. The van der Waals surface area contributed by atoms with Crippen LogP contribution in [0.25, 0.3) is 12.2 Å². The van der Waals surface area contributed by atoms with Crippen molar-refractivity contribution >= 4 is 17.8 Å². The Balaban J connectivity index is 2.06. The summed E-state index contributed by atoms with van der Waals surface area (Å²) >= 11 is 0. The maximum absolute atomic E-state index is 9.19. The van der Waals surface area contributed by atoms with Crippen LogP contribution in [0, 0.1) is 0 Å². The van der Waals surface area contributed by atoms with Crippen molar-refractivity contribution in [3.63, 3.8) is 0 Å². The minimum Gasteiger partial charge on any atom is -0.508 e. The number of aromatic hydroxyl groups is 1. The molecule has 2 aromatic carbocycles. The van der Waals surface area contributed by atoms with E-state index in [4.69, 9.17) is 0 Å². The van der Waals surface area contributed by atoms with Gasteiger partial charge in [0.1, 0.15) is 5.75 Å². The molecule has 0 amide bonds. The third-order valence-corrected chi connectivity index (χ3v) is 2.65. The van der Waals surface area contributed by atoms with E-state index < -0.39 is 0 Å². The maximum atomic E-state index is 9.19. The molecule has 0 aliphatic rings. The molecule has 0 saturated carbocycles. The summed E-state index contributed by atoms with van der Waals surface area (Å²) in [5.41, 5.74) is 3.37. The van der Waals surface area contributed by atoms with E-state index in [9.17, 15) is 5.11 Å². The Bertz CT molecular complexity index is 512. The molecule has 0 unspecified atom stereocenters. The van der Waals surface area contributed by atoms with Crippen LogP contribution < -0.4 is 5.32 Å². The number of rotatable bonds is 4. The lowest BCUT2D eigenvalue weighted by molar-refractivity contribution is 0.475. The van der Waals surface area contributed by atoms with Crippen LogP contribution >= 0.6 is 0 Å². The average Bonchev–Trinajstić information content (AvgIpc) is 2.40. The van der Waals surface area contributed by atoms with Gasteiger partial charge in [0.2, 0.25) is 0 Å². The smallest absolute Gasteiger partial charge is 0.115 e. The molecule has 0 aromatic heterocycles. The van der Waals surface area contributed by atoms with Crippen LogP contribution in [-0.2, 0) is 0 Å². The summed E-state index contributed by atoms with van der Waals surface area (Å²) in [4.78, 5) is 0. The highest BCUT2D eigenvalue weighted by atomic mass is 16.3. The van der Waals surface area contributed by atoms with E-state index in [1.807, 2.05) is 18.2 Å². The van der Waals surface area contributed by atoms with Crippen molar-refractivity contribution in [3.05, 3.63) is 59.7 Å². The molecule has 92 valence electrons. The Morgan fingerprint density at radius 2 is 1.39 bits per heavy atom. The van der Waals surface area contributed by atoms with E-state index in [0.29, 0.717) is 5.75 Å². The highest BCUT2D eigenvalue weighted by Crippen LogP contribution is 2.14. The van der Waals surface area contributed by atoms with Crippen molar-refractivity contribution < 1.29 is 5.11 Å². The fraction of sp³-hybridized carbons (Fsp3) is 0.125. The van der Waals surface area contributed by atoms with Crippen LogP contribution in [0.4, 0.5) is 5.69 Å². The number of hydrogen-bond acceptors (Lipinski definition) is 2. The summed E-state index contributed by atoms with van der Waals surface area (Å²) in [6.45, 7) is 3.02. The van der Waals surface area contributed by atoms with Crippen LogP contribution in [0.5, 0.6) is 5.75 Å². The molecule has 0 fully saturated rings. The zero-order valence-corrected chi connectivity index (χ0v) is 10.4. The molecule has 0 saturated heterocycles. The lowest BCUT2D eigenvalue weighted by Gasteiger charge is -2.02. The molecule has 18 heavy (non-hydrogen) atoms. The molecule has 0 spiro atoms. The van der Waals surface area contributed by atoms with Gasteiger partial charge in [-0.2, -0.15) is 0 Å². The molecular formula is C16H17NO. The lowest BCUT2D eigenvalue weighted by Crippen LogP contribution is -1.95. The molecular weight excluding hydrogens is 222 g/mol. The second kappa shape index (κ2) is 5.92. The number of anilines is 1. The van der Waals surface area contributed by atoms with Gasteiger partial charge in [0, 0.05) is 12.2 Å². The molecule has 2 aromatic rings. The SMILES string of the molecule is CCNc1ccc(/C=C/c2ccc(O)cc2)cc1.